The number of aromatic nitrogens is 1. The molecule has 0 aliphatic rings. The van der Waals surface area contributed by atoms with Gasteiger partial charge < -0.3 is 10.5 Å². The lowest BCUT2D eigenvalue weighted by atomic mass is 10.2. The van der Waals surface area contributed by atoms with Crippen LogP contribution in [0.5, 0.6) is 5.75 Å². The van der Waals surface area contributed by atoms with E-state index >= 15 is 0 Å². The number of hydrogen-bond acceptors (Lipinski definition) is 3. The van der Waals surface area contributed by atoms with Gasteiger partial charge in [0.05, 0.1) is 12.8 Å². The van der Waals surface area contributed by atoms with Crippen molar-refractivity contribution in [2.75, 3.05) is 7.11 Å². The summed E-state index contributed by atoms with van der Waals surface area (Å²) in [5.41, 5.74) is 4.70. The van der Waals surface area contributed by atoms with Crippen LogP contribution in [0.2, 0.25) is 0 Å². The Morgan fingerprint density at radius 1 is 1.50 bits per heavy atom. The van der Waals surface area contributed by atoms with E-state index in [1.54, 1.807) is 0 Å². The van der Waals surface area contributed by atoms with Crippen molar-refractivity contribution >= 4 is 0 Å². The number of pyridine rings is 1. The van der Waals surface area contributed by atoms with Gasteiger partial charge in [-0.2, -0.15) is 13.2 Å². The zero-order chi connectivity index (χ0) is 10.8. The van der Waals surface area contributed by atoms with Crippen molar-refractivity contribution < 1.29 is 17.9 Å². The zero-order valence-corrected chi connectivity index (χ0v) is 7.38. The summed E-state index contributed by atoms with van der Waals surface area (Å²) in [7, 11) is 1.36. The van der Waals surface area contributed by atoms with Gasteiger partial charge >= 0.3 is 6.18 Å². The highest BCUT2D eigenvalue weighted by Crippen LogP contribution is 2.30. The van der Waals surface area contributed by atoms with Gasteiger partial charge in [-0.1, -0.05) is 0 Å². The Hall–Kier alpha value is -1.30. The Labute approximate surface area is 78.7 Å². The van der Waals surface area contributed by atoms with Crippen molar-refractivity contribution in [2.24, 2.45) is 5.73 Å². The van der Waals surface area contributed by atoms with E-state index in [-0.39, 0.29) is 5.69 Å². The maximum absolute atomic E-state index is 12.2. The third kappa shape index (κ3) is 2.35. The number of ether oxygens (including phenoxy) is 1. The second-order valence-electron chi connectivity index (χ2n) is 2.64. The first-order valence-corrected chi connectivity index (χ1v) is 3.77. The highest BCUT2D eigenvalue weighted by atomic mass is 19.4. The molecule has 1 atom stereocenters. The minimum Gasteiger partial charge on any atom is -0.497 e. The molecular formula is C8H9F3N2O. The van der Waals surface area contributed by atoms with E-state index in [0.717, 1.165) is 6.07 Å². The Bertz CT molecular complexity index is 314. The minimum atomic E-state index is -4.49. The van der Waals surface area contributed by atoms with E-state index in [4.69, 9.17) is 10.5 Å². The zero-order valence-electron chi connectivity index (χ0n) is 7.38. The van der Waals surface area contributed by atoms with E-state index in [2.05, 4.69) is 4.98 Å². The van der Waals surface area contributed by atoms with Crippen LogP contribution in [0.1, 0.15) is 11.7 Å². The fraction of sp³-hybridized carbons (Fsp3) is 0.375. The van der Waals surface area contributed by atoms with Gasteiger partial charge in [-0.3, -0.25) is 4.98 Å². The molecule has 1 unspecified atom stereocenters. The first-order valence-electron chi connectivity index (χ1n) is 3.77. The standard InChI is InChI=1S/C8H9F3N2O/c1-14-5-2-3-13-6(4-5)7(12)8(9,10)11/h2-4,7H,12H2,1H3. The highest BCUT2D eigenvalue weighted by Gasteiger charge is 2.38. The number of halogens is 3. The van der Waals surface area contributed by atoms with E-state index in [1.807, 2.05) is 0 Å². The van der Waals surface area contributed by atoms with Crippen LogP contribution in [0.4, 0.5) is 13.2 Å². The van der Waals surface area contributed by atoms with Crippen LogP contribution in [0.25, 0.3) is 0 Å². The molecule has 0 aromatic carbocycles. The summed E-state index contributed by atoms with van der Waals surface area (Å²) in [6.45, 7) is 0. The Kier molecular flexibility index (Phi) is 2.95. The Morgan fingerprint density at radius 3 is 2.64 bits per heavy atom. The molecule has 6 heteroatoms. The summed E-state index contributed by atoms with van der Waals surface area (Å²) >= 11 is 0. The molecule has 1 aromatic heterocycles. The molecule has 0 aliphatic heterocycles. The van der Waals surface area contributed by atoms with Gasteiger partial charge in [-0.05, 0) is 6.07 Å². The van der Waals surface area contributed by atoms with Crippen molar-refractivity contribution in [3.05, 3.63) is 24.0 Å². The monoisotopic (exact) mass is 206 g/mol. The molecule has 0 saturated heterocycles. The van der Waals surface area contributed by atoms with Crippen LogP contribution in [-0.4, -0.2) is 18.3 Å². The molecule has 78 valence electrons. The summed E-state index contributed by atoms with van der Waals surface area (Å²) in [4.78, 5) is 3.53. The van der Waals surface area contributed by atoms with Gasteiger partial charge in [-0.25, -0.2) is 0 Å². The second-order valence-corrected chi connectivity index (χ2v) is 2.64. The summed E-state index contributed by atoms with van der Waals surface area (Å²) in [5.74, 6) is 0.301. The highest BCUT2D eigenvalue weighted by molar-refractivity contribution is 5.24. The predicted octanol–water partition coefficient (Wildman–Crippen LogP) is 1.65. The topological polar surface area (TPSA) is 48.1 Å². The van der Waals surface area contributed by atoms with Crippen LogP contribution in [0.3, 0.4) is 0 Å². The largest absolute Gasteiger partial charge is 0.497 e. The van der Waals surface area contributed by atoms with Crippen LogP contribution < -0.4 is 10.5 Å². The lowest BCUT2D eigenvalue weighted by Gasteiger charge is -2.15. The summed E-state index contributed by atoms with van der Waals surface area (Å²) < 4.78 is 41.2. The lowest BCUT2D eigenvalue weighted by molar-refractivity contribution is -0.150. The molecule has 1 rings (SSSR count). The second kappa shape index (κ2) is 3.83. The summed E-state index contributed by atoms with van der Waals surface area (Å²) in [6.07, 6.45) is -3.26. The molecule has 0 amide bonds. The van der Waals surface area contributed by atoms with E-state index in [9.17, 15) is 13.2 Å². The van der Waals surface area contributed by atoms with E-state index in [0.29, 0.717) is 5.75 Å². The first kappa shape index (κ1) is 10.8. The molecule has 0 aliphatic carbocycles. The summed E-state index contributed by atoms with van der Waals surface area (Å²) in [6, 6.07) is 0.544. The average Bonchev–Trinajstić information content (AvgIpc) is 2.15. The molecule has 0 spiro atoms. The van der Waals surface area contributed by atoms with Gasteiger partial charge in [-0.15, -0.1) is 0 Å². The Morgan fingerprint density at radius 2 is 2.14 bits per heavy atom. The molecule has 1 heterocycles. The van der Waals surface area contributed by atoms with Gasteiger partial charge in [0, 0.05) is 12.3 Å². The van der Waals surface area contributed by atoms with Gasteiger partial charge in [0.15, 0.2) is 0 Å². The molecule has 0 saturated carbocycles. The molecule has 0 bridgehead atoms. The number of nitrogens with zero attached hydrogens (tertiary/aromatic N) is 1. The van der Waals surface area contributed by atoms with Crippen molar-refractivity contribution in [2.45, 2.75) is 12.2 Å². The Balaban J connectivity index is 2.95. The van der Waals surface area contributed by atoms with Crippen molar-refractivity contribution in [1.29, 1.82) is 0 Å². The average molecular weight is 206 g/mol. The van der Waals surface area contributed by atoms with E-state index < -0.39 is 12.2 Å². The first-order chi connectivity index (χ1) is 6.45. The number of alkyl halides is 3. The number of hydrogen-bond donors (Lipinski definition) is 1. The van der Waals surface area contributed by atoms with Crippen LogP contribution in [0.15, 0.2) is 18.3 Å². The van der Waals surface area contributed by atoms with Gasteiger partial charge in [0.25, 0.3) is 0 Å². The fourth-order valence-corrected chi connectivity index (χ4v) is 0.893. The van der Waals surface area contributed by atoms with Crippen LogP contribution in [0, 0.1) is 0 Å². The molecule has 3 nitrogen and oxygen atoms in total. The van der Waals surface area contributed by atoms with Crippen LogP contribution in [-0.2, 0) is 0 Å². The van der Waals surface area contributed by atoms with Gasteiger partial charge in [0.1, 0.15) is 11.8 Å². The molecule has 0 fully saturated rings. The third-order valence-electron chi connectivity index (χ3n) is 1.66. The summed E-state index contributed by atoms with van der Waals surface area (Å²) in [5, 5.41) is 0. The molecule has 14 heavy (non-hydrogen) atoms. The molecular weight excluding hydrogens is 197 g/mol. The predicted molar refractivity (Wildman–Crippen MR) is 43.8 cm³/mol. The van der Waals surface area contributed by atoms with E-state index in [1.165, 1.54) is 19.4 Å². The number of nitrogens with two attached hydrogens (primary N) is 1. The van der Waals surface area contributed by atoms with Crippen molar-refractivity contribution in [1.82, 2.24) is 4.98 Å². The normalized spacial score (nSPS) is 13.8. The lowest BCUT2D eigenvalue weighted by Crippen LogP contribution is -2.29. The minimum absolute atomic E-state index is 0.253. The van der Waals surface area contributed by atoms with Gasteiger partial charge in [0.2, 0.25) is 0 Å². The molecule has 2 N–H and O–H groups in total. The van der Waals surface area contributed by atoms with Crippen molar-refractivity contribution in [3.8, 4) is 5.75 Å². The smallest absolute Gasteiger partial charge is 0.409 e. The maximum atomic E-state index is 12.2. The quantitative estimate of drug-likeness (QED) is 0.800. The third-order valence-corrected chi connectivity index (χ3v) is 1.66. The molecule has 1 aromatic rings. The fourth-order valence-electron chi connectivity index (χ4n) is 0.893. The maximum Gasteiger partial charge on any atom is 0.409 e. The van der Waals surface area contributed by atoms with Crippen LogP contribution >= 0.6 is 0 Å². The SMILES string of the molecule is COc1ccnc(C(N)C(F)(F)F)c1. The molecule has 0 radical (unpaired) electrons. The number of rotatable bonds is 2. The van der Waals surface area contributed by atoms with Crippen molar-refractivity contribution in [3.63, 3.8) is 0 Å². The number of methoxy groups -OCH3 is 1.